The predicted octanol–water partition coefficient (Wildman–Crippen LogP) is 1.60. The standard InChI is InChI=1S/C18H22N4O3/c23-18(25-13-15-4-2-1-3-5-15)22-6-7-24-17(12-22)11-19-8-16-9-20-14-21-10-16/h1-5,9-10,14,17,19H,6-8,11-13H2. The number of carbonyl (C=O) groups is 1. The first-order valence-corrected chi connectivity index (χ1v) is 8.33. The summed E-state index contributed by atoms with van der Waals surface area (Å²) in [4.78, 5) is 21.9. The number of nitrogens with one attached hydrogen (secondary N) is 1. The van der Waals surface area contributed by atoms with E-state index in [1.54, 1.807) is 17.3 Å². The molecule has 0 radical (unpaired) electrons. The second-order valence-corrected chi connectivity index (χ2v) is 5.86. The summed E-state index contributed by atoms with van der Waals surface area (Å²) in [6.07, 6.45) is 4.70. The van der Waals surface area contributed by atoms with Gasteiger partial charge in [0.2, 0.25) is 0 Å². The van der Waals surface area contributed by atoms with Crippen LogP contribution in [0.4, 0.5) is 4.79 Å². The average molecular weight is 342 g/mol. The van der Waals surface area contributed by atoms with Crippen molar-refractivity contribution in [1.29, 1.82) is 0 Å². The van der Waals surface area contributed by atoms with Crippen molar-refractivity contribution >= 4 is 6.09 Å². The fourth-order valence-electron chi connectivity index (χ4n) is 2.62. The molecule has 3 rings (SSSR count). The van der Waals surface area contributed by atoms with Gasteiger partial charge in [-0.1, -0.05) is 30.3 Å². The molecule has 25 heavy (non-hydrogen) atoms. The van der Waals surface area contributed by atoms with E-state index in [0.29, 0.717) is 32.8 Å². The molecule has 1 aliphatic rings. The highest BCUT2D eigenvalue weighted by Crippen LogP contribution is 2.09. The Kier molecular flexibility index (Phi) is 6.30. The minimum Gasteiger partial charge on any atom is -0.445 e. The van der Waals surface area contributed by atoms with Crippen molar-refractivity contribution in [2.45, 2.75) is 19.3 Å². The van der Waals surface area contributed by atoms with Crippen LogP contribution in [0.15, 0.2) is 49.1 Å². The first-order chi connectivity index (χ1) is 12.3. The van der Waals surface area contributed by atoms with Gasteiger partial charge in [-0.05, 0) is 5.56 Å². The van der Waals surface area contributed by atoms with Crippen LogP contribution >= 0.6 is 0 Å². The minimum absolute atomic E-state index is 0.0531. The van der Waals surface area contributed by atoms with Crippen molar-refractivity contribution in [3.8, 4) is 0 Å². The predicted molar refractivity (Wildman–Crippen MR) is 91.7 cm³/mol. The summed E-state index contributed by atoms with van der Waals surface area (Å²) >= 11 is 0. The third-order valence-electron chi connectivity index (χ3n) is 3.92. The van der Waals surface area contributed by atoms with Crippen LogP contribution in [-0.2, 0) is 22.6 Å². The summed E-state index contributed by atoms with van der Waals surface area (Å²) in [5, 5.41) is 3.30. The maximum Gasteiger partial charge on any atom is 0.410 e. The van der Waals surface area contributed by atoms with E-state index >= 15 is 0 Å². The lowest BCUT2D eigenvalue weighted by Crippen LogP contribution is -2.49. The number of hydrogen-bond acceptors (Lipinski definition) is 6. The lowest BCUT2D eigenvalue weighted by atomic mass is 10.2. The molecule has 0 aliphatic carbocycles. The van der Waals surface area contributed by atoms with Crippen LogP contribution in [0.3, 0.4) is 0 Å². The molecule has 1 N–H and O–H groups in total. The van der Waals surface area contributed by atoms with Crippen LogP contribution in [0.2, 0.25) is 0 Å². The molecular weight excluding hydrogens is 320 g/mol. The molecule has 1 saturated heterocycles. The van der Waals surface area contributed by atoms with Crippen molar-refractivity contribution in [2.75, 3.05) is 26.2 Å². The maximum absolute atomic E-state index is 12.2. The fourth-order valence-corrected chi connectivity index (χ4v) is 2.62. The number of carbonyl (C=O) groups excluding carboxylic acids is 1. The second kappa shape index (κ2) is 9.10. The second-order valence-electron chi connectivity index (χ2n) is 5.86. The summed E-state index contributed by atoms with van der Waals surface area (Å²) in [6, 6.07) is 9.67. The van der Waals surface area contributed by atoms with Gasteiger partial charge in [0, 0.05) is 37.6 Å². The van der Waals surface area contributed by atoms with Gasteiger partial charge in [-0.3, -0.25) is 0 Å². The Balaban J connectivity index is 1.40. The summed E-state index contributed by atoms with van der Waals surface area (Å²) in [6.45, 7) is 3.19. The van der Waals surface area contributed by atoms with Gasteiger partial charge in [-0.15, -0.1) is 0 Å². The van der Waals surface area contributed by atoms with Gasteiger partial charge in [0.05, 0.1) is 19.3 Å². The van der Waals surface area contributed by atoms with E-state index in [4.69, 9.17) is 9.47 Å². The molecule has 1 atom stereocenters. The topological polar surface area (TPSA) is 76.6 Å². The minimum atomic E-state index is -0.298. The molecule has 132 valence electrons. The van der Waals surface area contributed by atoms with Crippen LogP contribution in [0, 0.1) is 0 Å². The van der Waals surface area contributed by atoms with E-state index < -0.39 is 0 Å². The summed E-state index contributed by atoms with van der Waals surface area (Å²) in [5.74, 6) is 0. The zero-order valence-corrected chi connectivity index (χ0v) is 14.0. The molecule has 2 aromatic rings. The highest BCUT2D eigenvalue weighted by Gasteiger charge is 2.25. The normalized spacial score (nSPS) is 17.3. The van der Waals surface area contributed by atoms with Crippen LogP contribution in [-0.4, -0.2) is 53.3 Å². The monoisotopic (exact) mass is 342 g/mol. The third kappa shape index (κ3) is 5.51. The Morgan fingerprint density at radius 1 is 1.24 bits per heavy atom. The molecule has 1 amide bonds. The molecule has 1 aromatic carbocycles. The van der Waals surface area contributed by atoms with Gasteiger partial charge in [-0.25, -0.2) is 14.8 Å². The van der Waals surface area contributed by atoms with E-state index in [1.165, 1.54) is 6.33 Å². The smallest absolute Gasteiger partial charge is 0.410 e. The van der Waals surface area contributed by atoms with E-state index in [9.17, 15) is 4.79 Å². The number of benzene rings is 1. The van der Waals surface area contributed by atoms with Crippen LogP contribution in [0.1, 0.15) is 11.1 Å². The number of aromatic nitrogens is 2. The lowest BCUT2D eigenvalue weighted by Gasteiger charge is -2.32. The van der Waals surface area contributed by atoms with Gasteiger partial charge in [-0.2, -0.15) is 0 Å². The van der Waals surface area contributed by atoms with Crippen molar-refractivity contribution in [3.05, 3.63) is 60.2 Å². The molecule has 2 heterocycles. The quantitative estimate of drug-likeness (QED) is 0.859. The van der Waals surface area contributed by atoms with Gasteiger partial charge >= 0.3 is 6.09 Å². The maximum atomic E-state index is 12.2. The van der Waals surface area contributed by atoms with Gasteiger partial charge in [0.1, 0.15) is 12.9 Å². The molecule has 0 saturated carbocycles. The molecule has 7 nitrogen and oxygen atoms in total. The van der Waals surface area contributed by atoms with Gasteiger partial charge in [0.15, 0.2) is 0 Å². The van der Waals surface area contributed by atoms with Crippen LogP contribution in [0.25, 0.3) is 0 Å². The largest absolute Gasteiger partial charge is 0.445 e. The van der Waals surface area contributed by atoms with E-state index in [1.807, 2.05) is 30.3 Å². The number of hydrogen-bond donors (Lipinski definition) is 1. The first-order valence-electron chi connectivity index (χ1n) is 8.33. The molecule has 0 bridgehead atoms. The molecular formula is C18H22N4O3. The van der Waals surface area contributed by atoms with Crippen molar-refractivity contribution in [2.24, 2.45) is 0 Å². The summed E-state index contributed by atoms with van der Waals surface area (Å²) in [5.41, 5.74) is 1.99. The number of rotatable bonds is 6. The highest BCUT2D eigenvalue weighted by molar-refractivity contribution is 5.67. The van der Waals surface area contributed by atoms with Crippen LogP contribution in [0.5, 0.6) is 0 Å². The number of amides is 1. The molecule has 7 heteroatoms. The van der Waals surface area contributed by atoms with Gasteiger partial charge in [0.25, 0.3) is 0 Å². The van der Waals surface area contributed by atoms with Crippen molar-refractivity contribution in [1.82, 2.24) is 20.2 Å². The third-order valence-corrected chi connectivity index (χ3v) is 3.92. The fraction of sp³-hybridized carbons (Fsp3) is 0.389. The lowest BCUT2D eigenvalue weighted by molar-refractivity contribution is -0.0271. The molecule has 0 spiro atoms. The Bertz CT molecular complexity index is 654. The van der Waals surface area contributed by atoms with Crippen molar-refractivity contribution < 1.29 is 14.3 Å². The summed E-state index contributed by atoms with van der Waals surface area (Å²) in [7, 11) is 0. The Hall–Kier alpha value is -2.51. The Labute approximate surface area is 147 Å². The molecule has 1 aromatic heterocycles. The van der Waals surface area contributed by atoms with Gasteiger partial charge < -0.3 is 19.7 Å². The Morgan fingerprint density at radius 3 is 2.84 bits per heavy atom. The highest BCUT2D eigenvalue weighted by atomic mass is 16.6. The SMILES string of the molecule is O=C(OCc1ccccc1)N1CCOC(CNCc2cncnc2)C1. The molecule has 1 fully saturated rings. The zero-order valence-electron chi connectivity index (χ0n) is 14.0. The molecule has 1 unspecified atom stereocenters. The van der Waals surface area contributed by atoms with E-state index in [0.717, 1.165) is 11.1 Å². The van der Waals surface area contributed by atoms with E-state index in [2.05, 4.69) is 15.3 Å². The molecule has 1 aliphatic heterocycles. The van der Waals surface area contributed by atoms with Crippen molar-refractivity contribution in [3.63, 3.8) is 0 Å². The number of nitrogens with zero attached hydrogens (tertiary/aromatic N) is 3. The number of morpholine rings is 1. The van der Waals surface area contributed by atoms with E-state index in [-0.39, 0.29) is 18.8 Å². The Morgan fingerprint density at radius 2 is 2.04 bits per heavy atom. The van der Waals surface area contributed by atoms with Crippen LogP contribution < -0.4 is 5.32 Å². The number of ether oxygens (including phenoxy) is 2. The summed E-state index contributed by atoms with van der Waals surface area (Å²) < 4.78 is 11.1. The zero-order chi connectivity index (χ0) is 17.3. The first kappa shape index (κ1) is 17.3. The average Bonchev–Trinajstić information content (AvgIpc) is 2.68.